The topological polar surface area (TPSA) is 37.3 Å². The van der Waals surface area contributed by atoms with Gasteiger partial charge in [0, 0.05) is 0 Å². The molecule has 0 heterocycles. The molecule has 0 bridgehead atoms. The Hall–Kier alpha value is -1.09. The van der Waals surface area contributed by atoms with Crippen molar-refractivity contribution in [3.63, 3.8) is 0 Å². The molecule has 1 aromatic carbocycles. The molecule has 0 saturated heterocycles. The highest BCUT2D eigenvalue weighted by molar-refractivity contribution is 6.34. The highest BCUT2D eigenvalue weighted by Crippen LogP contribution is 2.31. The Morgan fingerprint density at radius 3 is 2.75 bits per heavy atom. The molecule has 0 radical (unpaired) electrons. The van der Waals surface area contributed by atoms with Gasteiger partial charge in [0.2, 0.25) is 0 Å². The molecule has 0 aliphatic heterocycles. The zero-order valence-electron chi connectivity index (χ0n) is 6.27. The summed E-state index contributed by atoms with van der Waals surface area (Å²) in [5, 5.41) is 8.95. The van der Waals surface area contributed by atoms with Gasteiger partial charge in [0.05, 0.1) is 10.6 Å². The summed E-state index contributed by atoms with van der Waals surface area (Å²) in [6.07, 6.45) is 0.275. The predicted molar refractivity (Wildman–Crippen MR) is 43.2 cm³/mol. The van der Waals surface area contributed by atoms with Crippen molar-refractivity contribution in [2.45, 2.75) is 6.92 Å². The molecular formula is C8H6ClFO2. The van der Waals surface area contributed by atoms with Crippen molar-refractivity contribution >= 4 is 17.9 Å². The molecule has 1 rings (SSSR count). The second kappa shape index (κ2) is 3.11. The fourth-order valence-corrected chi connectivity index (χ4v) is 1.13. The van der Waals surface area contributed by atoms with E-state index >= 15 is 0 Å². The highest BCUT2D eigenvalue weighted by Gasteiger charge is 2.12. The van der Waals surface area contributed by atoms with Gasteiger partial charge in [-0.2, -0.15) is 0 Å². The van der Waals surface area contributed by atoms with Crippen molar-refractivity contribution in [1.82, 2.24) is 0 Å². The second-order valence-corrected chi connectivity index (χ2v) is 2.75. The van der Waals surface area contributed by atoms with Gasteiger partial charge in [0.15, 0.2) is 6.29 Å². The van der Waals surface area contributed by atoms with E-state index in [0.29, 0.717) is 5.56 Å². The van der Waals surface area contributed by atoms with E-state index < -0.39 is 5.82 Å². The number of carbonyl (C=O) groups excluding carboxylic acids is 1. The third-order valence-electron chi connectivity index (χ3n) is 1.54. The molecule has 0 saturated carbocycles. The van der Waals surface area contributed by atoms with Gasteiger partial charge >= 0.3 is 0 Å². The summed E-state index contributed by atoms with van der Waals surface area (Å²) >= 11 is 5.48. The number of rotatable bonds is 1. The predicted octanol–water partition coefficient (Wildman–Crippen LogP) is 2.31. The van der Waals surface area contributed by atoms with E-state index in [1.165, 1.54) is 6.92 Å². The summed E-state index contributed by atoms with van der Waals surface area (Å²) in [5.74, 6) is -0.967. The standard InChI is InChI=1S/C8H6ClFO2/c1-4-2-6(10)5(3-11)7(9)8(4)12/h2-3,12H,1H3. The van der Waals surface area contributed by atoms with Crippen molar-refractivity contribution in [2.75, 3.05) is 0 Å². The lowest BCUT2D eigenvalue weighted by molar-refractivity contribution is 0.111. The van der Waals surface area contributed by atoms with Crippen LogP contribution in [0.1, 0.15) is 15.9 Å². The Bertz CT molecular complexity index is 336. The lowest BCUT2D eigenvalue weighted by Gasteiger charge is -2.04. The van der Waals surface area contributed by atoms with Crippen LogP contribution in [0.25, 0.3) is 0 Å². The first-order valence-corrected chi connectivity index (χ1v) is 3.58. The summed E-state index contributed by atoms with van der Waals surface area (Å²) in [7, 11) is 0. The van der Waals surface area contributed by atoms with Crippen LogP contribution in [0.5, 0.6) is 5.75 Å². The van der Waals surface area contributed by atoms with Gasteiger partial charge in [-0.1, -0.05) is 11.6 Å². The minimum absolute atomic E-state index is 0.234. The van der Waals surface area contributed by atoms with Gasteiger partial charge in [0.25, 0.3) is 0 Å². The fourth-order valence-electron chi connectivity index (χ4n) is 0.850. The smallest absolute Gasteiger partial charge is 0.154 e. The number of halogens is 2. The maximum absolute atomic E-state index is 12.9. The lowest BCUT2D eigenvalue weighted by Crippen LogP contribution is -1.91. The number of benzene rings is 1. The molecule has 0 fully saturated rings. The van der Waals surface area contributed by atoms with E-state index in [0.717, 1.165) is 6.07 Å². The fraction of sp³-hybridized carbons (Fsp3) is 0.125. The van der Waals surface area contributed by atoms with E-state index in [1.54, 1.807) is 0 Å². The molecule has 4 heteroatoms. The molecule has 0 amide bonds. The number of hydrogen-bond donors (Lipinski definition) is 1. The summed E-state index contributed by atoms with van der Waals surface area (Å²) in [6.45, 7) is 1.50. The molecule has 0 spiro atoms. The Balaban J connectivity index is 3.51. The Kier molecular flexibility index (Phi) is 2.33. The summed E-state index contributed by atoms with van der Waals surface area (Å²) in [5.41, 5.74) is 0.00265. The number of aromatic hydroxyl groups is 1. The molecule has 0 aromatic heterocycles. The third-order valence-corrected chi connectivity index (χ3v) is 1.92. The van der Waals surface area contributed by atoms with Crippen LogP contribution in [0, 0.1) is 12.7 Å². The van der Waals surface area contributed by atoms with E-state index in [4.69, 9.17) is 11.6 Å². The van der Waals surface area contributed by atoms with Crippen LogP contribution in [0.4, 0.5) is 4.39 Å². The minimum Gasteiger partial charge on any atom is -0.506 e. The first kappa shape index (κ1) is 9.00. The van der Waals surface area contributed by atoms with Crippen LogP contribution in [0.15, 0.2) is 6.07 Å². The number of aldehydes is 1. The summed E-state index contributed by atoms with van der Waals surface area (Å²) < 4.78 is 12.9. The Morgan fingerprint density at radius 1 is 1.67 bits per heavy atom. The van der Waals surface area contributed by atoms with E-state index in [2.05, 4.69) is 0 Å². The number of phenolic OH excluding ortho intramolecular Hbond substituents is 1. The minimum atomic E-state index is -0.717. The third kappa shape index (κ3) is 1.28. The van der Waals surface area contributed by atoms with E-state index in [-0.39, 0.29) is 22.6 Å². The van der Waals surface area contributed by atoms with Gasteiger partial charge in [-0.3, -0.25) is 4.79 Å². The van der Waals surface area contributed by atoms with Crippen molar-refractivity contribution < 1.29 is 14.3 Å². The van der Waals surface area contributed by atoms with Gasteiger partial charge in [-0.25, -0.2) is 4.39 Å². The van der Waals surface area contributed by atoms with Gasteiger partial charge in [-0.15, -0.1) is 0 Å². The molecule has 1 N–H and O–H groups in total. The van der Waals surface area contributed by atoms with Crippen molar-refractivity contribution in [1.29, 1.82) is 0 Å². The number of phenols is 1. The summed E-state index contributed by atoms with van der Waals surface area (Å²) in [4.78, 5) is 10.3. The van der Waals surface area contributed by atoms with Gasteiger partial charge < -0.3 is 5.11 Å². The van der Waals surface area contributed by atoms with Crippen molar-refractivity contribution in [2.24, 2.45) is 0 Å². The van der Waals surface area contributed by atoms with Crippen molar-refractivity contribution in [3.05, 3.63) is 28.0 Å². The van der Waals surface area contributed by atoms with Gasteiger partial charge in [-0.05, 0) is 18.6 Å². The monoisotopic (exact) mass is 188 g/mol. The highest BCUT2D eigenvalue weighted by atomic mass is 35.5. The molecule has 1 aromatic rings. The first-order chi connectivity index (χ1) is 5.57. The number of carbonyl (C=O) groups is 1. The molecule has 2 nitrogen and oxygen atoms in total. The van der Waals surface area contributed by atoms with Crippen molar-refractivity contribution in [3.8, 4) is 5.75 Å². The van der Waals surface area contributed by atoms with Crippen LogP contribution < -0.4 is 0 Å². The molecule has 12 heavy (non-hydrogen) atoms. The summed E-state index contributed by atoms with van der Waals surface area (Å²) in [6, 6.07) is 1.06. The lowest BCUT2D eigenvalue weighted by atomic mass is 10.1. The largest absolute Gasteiger partial charge is 0.506 e. The molecule has 0 unspecified atom stereocenters. The van der Waals surface area contributed by atoms with Crippen LogP contribution in [0.2, 0.25) is 5.02 Å². The molecule has 0 aliphatic carbocycles. The number of aryl methyl sites for hydroxylation is 1. The Morgan fingerprint density at radius 2 is 2.25 bits per heavy atom. The second-order valence-electron chi connectivity index (χ2n) is 2.37. The van der Waals surface area contributed by atoms with Crippen LogP contribution in [-0.2, 0) is 0 Å². The van der Waals surface area contributed by atoms with E-state index in [9.17, 15) is 14.3 Å². The molecule has 64 valence electrons. The van der Waals surface area contributed by atoms with Crippen LogP contribution in [-0.4, -0.2) is 11.4 Å². The number of hydrogen-bond acceptors (Lipinski definition) is 2. The average molecular weight is 189 g/mol. The maximum Gasteiger partial charge on any atom is 0.154 e. The SMILES string of the molecule is Cc1cc(F)c(C=O)c(Cl)c1O. The quantitative estimate of drug-likeness (QED) is 0.687. The van der Waals surface area contributed by atoms with Gasteiger partial charge in [0.1, 0.15) is 11.6 Å². The molecule has 0 atom stereocenters. The average Bonchev–Trinajstić information content (AvgIpc) is 2.01. The molecular weight excluding hydrogens is 183 g/mol. The zero-order chi connectivity index (χ0) is 9.30. The molecule has 0 aliphatic rings. The Labute approximate surface area is 73.6 Å². The first-order valence-electron chi connectivity index (χ1n) is 3.20. The maximum atomic E-state index is 12.9. The van der Waals surface area contributed by atoms with Crippen LogP contribution in [0.3, 0.4) is 0 Å². The normalized spacial score (nSPS) is 9.92. The van der Waals surface area contributed by atoms with Crippen LogP contribution >= 0.6 is 11.6 Å². The zero-order valence-corrected chi connectivity index (χ0v) is 7.02. The van der Waals surface area contributed by atoms with E-state index in [1.807, 2.05) is 0 Å².